The van der Waals surface area contributed by atoms with Crippen LogP contribution >= 0.6 is 0 Å². The molecule has 1 fully saturated rings. The second-order valence-electron chi connectivity index (χ2n) is 5.89. The van der Waals surface area contributed by atoms with E-state index in [0.717, 1.165) is 18.4 Å². The Balaban J connectivity index is 1.77. The summed E-state index contributed by atoms with van der Waals surface area (Å²) in [7, 11) is 0. The third-order valence-corrected chi connectivity index (χ3v) is 4.17. The Morgan fingerprint density at radius 1 is 1.26 bits per heavy atom. The zero-order valence-electron chi connectivity index (χ0n) is 13.0. The standard InChI is InChI=1S/C19H21NO3/c21-14-18(16-8-9-16)20(13-15-5-2-1-3-6-15)19(22)11-10-17-7-4-12-23-17/h1-7,10-12,16,18,21H,8-9,13-14H2/b11-10+. The molecule has 3 rings (SSSR count). The number of hydrogen-bond donors (Lipinski definition) is 1. The van der Waals surface area contributed by atoms with Crippen LogP contribution in [0, 0.1) is 5.92 Å². The summed E-state index contributed by atoms with van der Waals surface area (Å²) in [6, 6.07) is 13.3. The number of amides is 1. The molecule has 0 radical (unpaired) electrons. The maximum Gasteiger partial charge on any atom is 0.247 e. The fraction of sp³-hybridized carbons (Fsp3) is 0.316. The first-order valence-corrected chi connectivity index (χ1v) is 7.95. The molecule has 1 saturated carbocycles. The summed E-state index contributed by atoms with van der Waals surface area (Å²) in [4.78, 5) is 14.4. The Morgan fingerprint density at radius 2 is 2.04 bits per heavy atom. The number of carbonyl (C=O) groups excluding carboxylic acids is 1. The molecule has 1 N–H and O–H groups in total. The van der Waals surface area contributed by atoms with Crippen molar-refractivity contribution in [3.63, 3.8) is 0 Å². The molecule has 1 aromatic heterocycles. The molecule has 4 heteroatoms. The monoisotopic (exact) mass is 311 g/mol. The summed E-state index contributed by atoms with van der Waals surface area (Å²) < 4.78 is 5.22. The molecule has 1 aliphatic carbocycles. The lowest BCUT2D eigenvalue weighted by molar-refractivity contribution is -0.130. The van der Waals surface area contributed by atoms with E-state index in [1.807, 2.05) is 30.3 Å². The Morgan fingerprint density at radius 3 is 2.65 bits per heavy atom. The highest BCUT2D eigenvalue weighted by atomic mass is 16.3. The zero-order valence-corrected chi connectivity index (χ0v) is 13.0. The molecule has 1 amide bonds. The molecule has 1 atom stereocenters. The second-order valence-corrected chi connectivity index (χ2v) is 5.89. The second kappa shape index (κ2) is 7.29. The van der Waals surface area contributed by atoms with Crippen LogP contribution in [0.15, 0.2) is 59.2 Å². The van der Waals surface area contributed by atoms with E-state index in [4.69, 9.17) is 4.42 Å². The van der Waals surface area contributed by atoms with Crippen LogP contribution in [0.1, 0.15) is 24.2 Å². The van der Waals surface area contributed by atoms with Gasteiger partial charge in [0, 0.05) is 12.6 Å². The van der Waals surface area contributed by atoms with Gasteiger partial charge in [0.25, 0.3) is 0 Å². The normalized spacial score (nSPS) is 15.7. The van der Waals surface area contributed by atoms with Crippen LogP contribution in [0.5, 0.6) is 0 Å². The summed E-state index contributed by atoms with van der Waals surface area (Å²) in [5, 5.41) is 9.75. The van der Waals surface area contributed by atoms with E-state index in [-0.39, 0.29) is 18.6 Å². The van der Waals surface area contributed by atoms with Crippen LogP contribution in [0.3, 0.4) is 0 Å². The van der Waals surface area contributed by atoms with Gasteiger partial charge in [0.2, 0.25) is 5.91 Å². The number of carbonyl (C=O) groups is 1. The molecular formula is C19H21NO3. The van der Waals surface area contributed by atoms with Crippen molar-refractivity contribution in [2.45, 2.75) is 25.4 Å². The Hall–Kier alpha value is -2.33. The summed E-state index contributed by atoms with van der Waals surface area (Å²) in [6.07, 6.45) is 6.92. The van der Waals surface area contributed by atoms with E-state index < -0.39 is 0 Å². The molecule has 2 aromatic rings. The molecule has 23 heavy (non-hydrogen) atoms. The first-order chi connectivity index (χ1) is 11.3. The van der Waals surface area contributed by atoms with Crippen LogP contribution < -0.4 is 0 Å². The highest BCUT2D eigenvalue weighted by Crippen LogP contribution is 2.36. The van der Waals surface area contributed by atoms with Crippen molar-refractivity contribution < 1.29 is 14.3 Å². The van der Waals surface area contributed by atoms with Gasteiger partial charge in [-0.05, 0) is 42.5 Å². The summed E-state index contributed by atoms with van der Waals surface area (Å²) in [6.45, 7) is 0.502. The van der Waals surface area contributed by atoms with E-state index >= 15 is 0 Å². The van der Waals surface area contributed by atoms with Crippen molar-refractivity contribution in [3.8, 4) is 0 Å². The molecule has 1 heterocycles. The molecule has 0 bridgehead atoms. The minimum absolute atomic E-state index is 0.00215. The fourth-order valence-electron chi connectivity index (χ4n) is 2.76. The van der Waals surface area contributed by atoms with E-state index in [1.54, 1.807) is 29.4 Å². The van der Waals surface area contributed by atoms with Gasteiger partial charge in [-0.1, -0.05) is 30.3 Å². The number of aliphatic hydroxyl groups is 1. The third-order valence-electron chi connectivity index (χ3n) is 4.17. The first-order valence-electron chi connectivity index (χ1n) is 7.95. The predicted molar refractivity (Wildman–Crippen MR) is 88.3 cm³/mol. The highest BCUT2D eigenvalue weighted by molar-refractivity contribution is 5.91. The molecule has 0 saturated heterocycles. The Labute approximate surface area is 136 Å². The maximum atomic E-state index is 12.7. The van der Waals surface area contributed by atoms with E-state index in [2.05, 4.69) is 0 Å². The van der Waals surface area contributed by atoms with E-state index in [1.165, 1.54) is 6.08 Å². The van der Waals surface area contributed by atoms with Crippen molar-refractivity contribution >= 4 is 12.0 Å². The smallest absolute Gasteiger partial charge is 0.247 e. The topological polar surface area (TPSA) is 53.7 Å². The average Bonchev–Trinajstić information content (AvgIpc) is 3.28. The lowest BCUT2D eigenvalue weighted by Gasteiger charge is -2.30. The third kappa shape index (κ3) is 4.11. The maximum absolute atomic E-state index is 12.7. The van der Waals surface area contributed by atoms with Gasteiger partial charge in [-0.2, -0.15) is 0 Å². The fourth-order valence-corrected chi connectivity index (χ4v) is 2.76. The number of rotatable bonds is 7. The number of furan rings is 1. The van der Waals surface area contributed by atoms with Crippen LogP contribution in [0.4, 0.5) is 0 Å². The minimum Gasteiger partial charge on any atom is -0.465 e. The van der Waals surface area contributed by atoms with Crippen LogP contribution in [-0.4, -0.2) is 28.6 Å². The first kappa shape index (κ1) is 15.6. The quantitative estimate of drug-likeness (QED) is 0.799. The molecule has 1 aliphatic rings. The highest BCUT2D eigenvalue weighted by Gasteiger charge is 2.36. The lowest BCUT2D eigenvalue weighted by atomic mass is 10.1. The van der Waals surface area contributed by atoms with Crippen LogP contribution in [-0.2, 0) is 11.3 Å². The number of hydrogen-bond acceptors (Lipinski definition) is 3. The number of aliphatic hydroxyl groups excluding tert-OH is 1. The number of benzene rings is 1. The average molecular weight is 311 g/mol. The van der Waals surface area contributed by atoms with Gasteiger partial charge in [-0.3, -0.25) is 4.79 Å². The van der Waals surface area contributed by atoms with Crippen molar-refractivity contribution in [2.75, 3.05) is 6.61 Å². The van der Waals surface area contributed by atoms with Gasteiger partial charge < -0.3 is 14.4 Å². The van der Waals surface area contributed by atoms with Crippen LogP contribution in [0.2, 0.25) is 0 Å². The largest absolute Gasteiger partial charge is 0.465 e. The molecule has 1 unspecified atom stereocenters. The van der Waals surface area contributed by atoms with Gasteiger partial charge >= 0.3 is 0 Å². The molecule has 0 spiro atoms. The molecular weight excluding hydrogens is 290 g/mol. The van der Waals surface area contributed by atoms with Crippen molar-refractivity contribution in [3.05, 3.63) is 66.1 Å². The zero-order chi connectivity index (χ0) is 16.1. The molecule has 120 valence electrons. The summed E-state index contributed by atoms with van der Waals surface area (Å²) >= 11 is 0. The predicted octanol–water partition coefficient (Wildman–Crippen LogP) is 3.09. The Bertz CT molecular complexity index is 645. The molecule has 4 nitrogen and oxygen atoms in total. The summed E-state index contributed by atoms with van der Waals surface area (Å²) in [5.74, 6) is 0.950. The minimum atomic E-state index is -0.121. The molecule has 0 aliphatic heterocycles. The van der Waals surface area contributed by atoms with E-state index in [9.17, 15) is 9.90 Å². The van der Waals surface area contributed by atoms with Gasteiger partial charge in [0.05, 0.1) is 18.9 Å². The number of nitrogens with zero attached hydrogens (tertiary/aromatic N) is 1. The van der Waals surface area contributed by atoms with Gasteiger partial charge in [0.15, 0.2) is 0 Å². The summed E-state index contributed by atoms with van der Waals surface area (Å²) in [5.41, 5.74) is 1.06. The van der Waals surface area contributed by atoms with Crippen molar-refractivity contribution in [1.29, 1.82) is 0 Å². The van der Waals surface area contributed by atoms with Gasteiger partial charge in [0.1, 0.15) is 5.76 Å². The van der Waals surface area contributed by atoms with E-state index in [0.29, 0.717) is 18.2 Å². The van der Waals surface area contributed by atoms with Crippen LogP contribution in [0.25, 0.3) is 6.08 Å². The molecule has 1 aromatic carbocycles. The lowest BCUT2D eigenvalue weighted by Crippen LogP contribution is -2.42. The van der Waals surface area contributed by atoms with Crippen molar-refractivity contribution in [2.24, 2.45) is 5.92 Å². The SMILES string of the molecule is O=C(/C=C/c1ccco1)N(Cc1ccccc1)C(CO)C1CC1. The Kier molecular flexibility index (Phi) is 4.93. The van der Waals surface area contributed by atoms with Gasteiger partial charge in [-0.15, -0.1) is 0 Å². The van der Waals surface area contributed by atoms with Crippen molar-refractivity contribution in [1.82, 2.24) is 4.90 Å². The van der Waals surface area contributed by atoms with Gasteiger partial charge in [-0.25, -0.2) is 0 Å².